The third-order valence-corrected chi connectivity index (χ3v) is 2.46. The molecule has 0 fully saturated rings. The third-order valence-electron chi connectivity index (χ3n) is 2.22. The van der Waals surface area contributed by atoms with Gasteiger partial charge in [0.15, 0.2) is 0 Å². The van der Waals surface area contributed by atoms with Crippen molar-refractivity contribution in [2.45, 2.75) is 6.92 Å². The minimum atomic E-state index is -1.09. The number of hydrogen-bond acceptors (Lipinski definition) is 2. The number of amides is 1. The van der Waals surface area contributed by atoms with Crippen molar-refractivity contribution in [3.8, 4) is 0 Å². The Hall–Kier alpha value is -2.07. The second kappa shape index (κ2) is 7.38. The van der Waals surface area contributed by atoms with E-state index in [0.29, 0.717) is 10.7 Å². The molecule has 0 bridgehead atoms. The molecule has 0 unspecified atom stereocenters. The van der Waals surface area contributed by atoms with Gasteiger partial charge < -0.3 is 5.11 Å². The first-order valence-electron chi connectivity index (χ1n) is 5.63. The topological polar surface area (TPSA) is 57.6 Å². The first-order chi connectivity index (χ1) is 9.04. The largest absolute Gasteiger partial charge is 0.480 e. The molecule has 1 aromatic rings. The van der Waals surface area contributed by atoms with Gasteiger partial charge in [0.2, 0.25) is 0 Å². The number of carbonyl (C=O) groups excluding carboxylic acids is 1. The van der Waals surface area contributed by atoms with E-state index in [-0.39, 0.29) is 0 Å². The number of nitrogens with zero attached hydrogens (tertiary/aromatic N) is 1. The summed E-state index contributed by atoms with van der Waals surface area (Å²) in [6.07, 6.45) is 6.32. The van der Waals surface area contributed by atoms with Crippen molar-refractivity contribution >= 4 is 29.2 Å². The molecule has 0 heterocycles. The normalized spacial score (nSPS) is 11.1. The molecule has 5 heteroatoms. The molecule has 1 aromatic carbocycles. The lowest BCUT2D eigenvalue weighted by Gasteiger charge is -2.19. The molecule has 0 aromatic heterocycles. The molecule has 0 atom stereocenters. The maximum absolute atomic E-state index is 12.0. The molecule has 4 nitrogen and oxygen atoms in total. The molecular formula is C14H14ClNO3. The first-order valence-corrected chi connectivity index (χ1v) is 6.00. The van der Waals surface area contributed by atoms with E-state index in [4.69, 9.17) is 16.7 Å². The zero-order chi connectivity index (χ0) is 14.3. The van der Waals surface area contributed by atoms with Crippen LogP contribution in [-0.2, 0) is 9.59 Å². The van der Waals surface area contributed by atoms with Crippen LogP contribution in [0.2, 0.25) is 5.02 Å². The summed E-state index contributed by atoms with van der Waals surface area (Å²) in [7, 11) is 0. The lowest BCUT2D eigenvalue weighted by atomic mass is 10.2. The van der Waals surface area contributed by atoms with Gasteiger partial charge in [0, 0.05) is 16.8 Å². The molecule has 0 saturated carbocycles. The van der Waals surface area contributed by atoms with Gasteiger partial charge in [0.25, 0.3) is 5.91 Å². The van der Waals surface area contributed by atoms with Crippen molar-refractivity contribution in [3.63, 3.8) is 0 Å². The Labute approximate surface area is 116 Å². The minimum absolute atomic E-state index is 0.414. The monoisotopic (exact) mass is 279 g/mol. The summed E-state index contributed by atoms with van der Waals surface area (Å²) in [6, 6.07) is 6.50. The molecular weight excluding hydrogens is 266 g/mol. The van der Waals surface area contributed by atoms with Crippen molar-refractivity contribution in [1.82, 2.24) is 0 Å². The van der Waals surface area contributed by atoms with Gasteiger partial charge in [-0.2, -0.15) is 0 Å². The van der Waals surface area contributed by atoms with Crippen LogP contribution in [0.4, 0.5) is 5.69 Å². The van der Waals surface area contributed by atoms with E-state index in [0.717, 1.165) is 4.90 Å². The highest BCUT2D eigenvalue weighted by molar-refractivity contribution is 6.31. The number of halogens is 1. The van der Waals surface area contributed by atoms with Crippen LogP contribution in [0, 0.1) is 0 Å². The molecule has 0 aliphatic carbocycles. The van der Waals surface area contributed by atoms with Crippen LogP contribution in [-0.4, -0.2) is 23.5 Å². The Morgan fingerprint density at radius 3 is 2.68 bits per heavy atom. The number of anilines is 1. The fraction of sp³-hybridized carbons (Fsp3) is 0.143. The van der Waals surface area contributed by atoms with Gasteiger partial charge in [-0.15, -0.1) is 0 Å². The van der Waals surface area contributed by atoms with E-state index in [2.05, 4.69) is 0 Å². The fourth-order valence-electron chi connectivity index (χ4n) is 1.41. The Bertz CT molecular complexity index is 523. The average molecular weight is 280 g/mol. The van der Waals surface area contributed by atoms with E-state index in [9.17, 15) is 9.59 Å². The SMILES string of the molecule is C/C=C/C=C/C(=O)N(CC(=O)O)c1cccc(Cl)c1. The lowest BCUT2D eigenvalue weighted by molar-refractivity contribution is -0.136. The average Bonchev–Trinajstić information content (AvgIpc) is 2.36. The van der Waals surface area contributed by atoms with E-state index >= 15 is 0 Å². The highest BCUT2D eigenvalue weighted by Gasteiger charge is 2.16. The first kappa shape index (κ1) is 15.0. The molecule has 0 spiro atoms. The summed E-state index contributed by atoms with van der Waals surface area (Å²) in [4.78, 5) is 23.9. The van der Waals surface area contributed by atoms with Crippen molar-refractivity contribution in [2.75, 3.05) is 11.4 Å². The number of carboxylic acid groups (broad SMARTS) is 1. The molecule has 0 saturated heterocycles. The molecule has 19 heavy (non-hydrogen) atoms. The summed E-state index contributed by atoms with van der Waals surface area (Å²) in [5.41, 5.74) is 0.449. The van der Waals surface area contributed by atoms with Gasteiger partial charge in [-0.3, -0.25) is 14.5 Å². The predicted molar refractivity (Wildman–Crippen MR) is 75.4 cm³/mol. The maximum atomic E-state index is 12.0. The van der Waals surface area contributed by atoms with Crippen LogP contribution in [0.15, 0.2) is 48.6 Å². The second-order valence-electron chi connectivity index (χ2n) is 3.68. The van der Waals surface area contributed by atoms with Crippen LogP contribution < -0.4 is 4.90 Å². The maximum Gasteiger partial charge on any atom is 0.323 e. The van der Waals surface area contributed by atoms with Gasteiger partial charge >= 0.3 is 5.97 Å². The number of carbonyl (C=O) groups is 2. The molecule has 100 valence electrons. The van der Waals surface area contributed by atoms with Crippen molar-refractivity contribution < 1.29 is 14.7 Å². The molecule has 0 aliphatic heterocycles. The zero-order valence-corrected chi connectivity index (χ0v) is 11.2. The summed E-state index contributed by atoms with van der Waals surface area (Å²) >= 11 is 5.84. The summed E-state index contributed by atoms with van der Waals surface area (Å²) < 4.78 is 0. The van der Waals surface area contributed by atoms with Crippen molar-refractivity contribution in [2.24, 2.45) is 0 Å². The van der Waals surface area contributed by atoms with Gasteiger partial charge in [-0.25, -0.2) is 0 Å². The number of carboxylic acids is 1. The van der Waals surface area contributed by atoms with Gasteiger partial charge in [-0.05, 0) is 25.1 Å². The number of aliphatic carboxylic acids is 1. The van der Waals surface area contributed by atoms with Gasteiger partial charge in [0.1, 0.15) is 6.54 Å². The summed E-state index contributed by atoms with van der Waals surface area (Å²) in [6.45, 7) is 1.40. The second-order valence-corrected chi connectivity index (χ2v) is 4.12. The van der Waals surface area contributed by atoms with Crippen molar-refractivity contribution in [1.29, 1.82) is 0 Å². The fourth-order valence-corrected chi connectivity index (χ4v) is 1.60. The third kappa shape index (κ3) is 4.97. The van der Waals surface area contributed by atoms with E-state index < -0.39 is 18.4 Å². The Balaban J connectivity index is 3.00. The zero-order valence-electron chi connectivity index (χ0n) is 10.4. The molecule has 0 radical (unpaired) electrons. The van der Waals surface area contributed by atoms with E-state index in [1.807, 2.05) is 6.92 Å². The van der Waals surface area contributed by atoms with E-state index in [1.165, 1.54) is 6.08 Å². The Kier molecular flexibility index (Phi) is 5.82. The standard InChI is InChI=1S/C14H14ClNO3/c1-2-3-4-8-13(17)16(10-14(18)19)12-7-5-6-11(15)9-12/h2-9H,10H2,1H3,(H,18,19)/b3-2+,8-4+. The minimum Gasteiger partial charge on any atom is -0.480 e. The number of benzene rings is 1. The quantitative estimate of drug-likeness (QED) is 0.666. The van der Waals surface area contributed by atoms with Crippen LogP contribution in [0.3, 0.4) is 0 Å². The number of hydrogen-bond donors (Lipinski definition) is 1. The van der Waals surface area contributed by atoms with Crippen molar-refractivity contribution in [3.05, 3.63) is 53.6 Å². The van der Waals surface area contributed by atoms with Crippen LogP contribution in [0.1, 0.15) is 6.92 Å². The predicted octanol–water partition coefficient (Wildman–Crippen LogP) is 2.89. The van der Waals surface area contributed by atoms with Gasteiger partial charge in [0.05, 0.1) is 0 Å². The number of allylic oxidation sites excluding steroid dienone is 3. The van der Waals surface area contributed by atoms with Crippen LogP contribution >= 0.6 is 11.6 Å². The number of rotatable bonds is 5. The molecule has 1 N–H and O–H groups in total. The van der Waals surface area contributed by atoms with Gasteiger partial charge in [-0.1, -0.05) is 35.9 Å². The highest BCUT2D eigenvalue weighted by atomic mass is 35.5. The summed E-state index contributed by atoms with van der Waals surface area (Å²) in [5.74, 6) is -1.50. The molecule has 0 aliphatic rings. The Morgan fingerprint density at radius 2 is 2.11 bits per heavy atom. The smallest absolute Gasteiger partial charge is 0.323 e. The lowest BCUT2D eigenvalue weighted by Crippen LogP contribution is -2.34. The Morgan fingerprint density at radius 1 is 1.37 bits per heavy atom. The van der Waals surface area contributed by atoms with Crippen LogP contribution in [0.5, 0.6) is 0 Å². The molecule has 1 rings (SSSR count). The molecule has 1 amide bonds. The van der Waals surface area contributed by atoms with E-state index in [1.54, 1.807) is 42.5 Å². The summed E-state index contributed by atoms with van der Waals surface area (Å²) in [5, 5.41) is 9.31. The highest BCUT2D eigenvalue weighted by Crippen LogP contribution is 2.19. The van der Waals surface area contributed by atoms with Crippen LogP contribution in [0.25, 0.3) is 0 Å².